The fourth-order valence-corrected chi connectivity index (χ4v) is 1.51. The van der Waals surface area contributed by atoms with Crippen molar-refractivity contribution < 1.29 is 9.53 Å². The van der Waals surface area contributed by atoms with E-state index < -0.39 is 5.97 Å². The number of aryl methyl sites for hydroxylation is 1. The highest BCUT2D eigenvalue weighted by atomic mass is 16.5. The highest BCUT2D eigenvalue weighted by Crippen LogP contribution is 1.99. The lowest BCUT2D eigenvalue weighted by atomic mass is 10.2. The molecule has 0 aliphatic heterocycles. The molecule has 0 unspecified atom stereocenters. The summed E-state index contributed by atoms with van der Waals surface area (Å²) >= 11 is 0. The lowest BCUT2D eigenvalue weighted by Gasteiger charge is -2.06. The van der Waals surface area contributed by atoms with Gasteiger partial charge in [-0.05, 0) is 18.6 Å². The third-order valence-corrected chi connectivity index (χ3v) is 2.43. The predicted molar refractivity (Wildman–Crippen MR) is 61.6 cm³/mol. The second kappa shape index (κ2) is 6.10. The van der Waals surface area contributed by atoms with Crippen molar-refractivity contribution in [2.75, 3.05) is 7.11 Å². The molecule has 0 amide bonds. The Morgan fingerprint density at radius 2 is 2.19 bits per heavy atom. The van der Waals surface area contributed by atoms with Crippen molar-refractivity contribution in [2.45, 2.75) is 32.7 Å². The van der Waals surface area contributed by atoms with Crippen LogP contribution >= 0.6 is 0 Å². The van der Waals surface area contributed by atoms with E-state index in [-0.39, 0.29) is 11.1 Å². The summed E-state index contributed by atoms with van der Waals surface area (Å²) in [5, 5.41) is 0. The first-order valence-electron chi connectivity index (χ1n) is 5.48. The Hall–Kier alpha value is -1.58. The molecule has 1 rings (SSSR count). The van der Waals surface area contributed by atoms with E-state index in [0.29, 0.717) is 6.54 Å². The van der Waals surface area contributed by atoms with Crippen LogP contribution in [0.4, 0.5) is 0 Å². The maximum atomic E-state index is 11.8. The van der Waals surface area contributed by atoms with Crippen LogP contribution in [0.3, 0.4) is 0 Å². The molecule has 0 aliphatic rings. The third-order valence-electron chi connectivity index (χ3n) is 2.43. The monoisotopic (exact) mass is 223 g/mol. The van der Waals surface area contributed by atoms with Crippen LogP contribution in [0.25, 0.3) is 0 Å². The van der Waals surface area contributed by atoms with E-state index in [1.54, 1.807) is 16.8 Å². The van der Waals surface area contributed by atoms with Gasteiger partial charge in [0.25, 0.3) is 5.56 Å². The molecule has 1 aromatic heterocycles. The summed E-state index contributed by atoms with van der Waals surface area (Å²) in [6.07, 6.45) is 4.83. The Kier molecular flexibility index (Phi) is 4.76. The lowest BCUT2D eigenvalue weighted by molar-refractivity contribution is 0.0598. The zero-order valence-corrected chi connectivity index (χ0v) is 9.73. The normalized spacial score (nSPS) is 10.1. The zero-order chi connectivity index (χ0) is 12.0. The number of aromatic nitrogens is 1. The minimum atomic E-state index is -0.574. The first kappa shape index (κ1) is 12.5. The van der Waals surface area contributed by atoms with E-state index in [1.807, 2.05) is 0 Å². The van der Waals surface area contributed by atoms with E-state index in [2.05, 4.69) is 11.7 Å². The fourth-order valence-electron chi connectivity index (χ4n) is 1.51. The van der Waals surface area contributed by atoms with E-state index in [1.165, 1.54) is 13.2 Å². The first-order chi connectivity index (χ1) is 7.70. The quantitative estimate of drug-likeness (QED) is 0.565. The van der Waals surface area contributed by atoms with Crippen LogP contribution in [0.15, 0.2) is 23.1 Å². The standard InChI is InChI=1S/C12H17NO3/c1-3-4-5-8-13-9-6-7-10(11(13)14)12(15)16-2/h6-7,9H,3-5,8H2,1-2H3. The second-order valence-corrected chi connectivity index (χ2v) is 3.62. The Bertz CT molecular complexity index is 409. The number of methoxy groups -OCH3 is 1. The molecule has 1 heterocycles. The van der Waals surface area contributed by atoms with Gasteiger partial charge in [-0.1, -0.05) is 19.8 Å². The molecule has 0 radical (unpaired) electrons. The molecular weight excluding hydrogens is 206 g/mol. The van der Waals surface area contributed by atoms with E-state index >= 15 is 0 Å². The zero-order valence-electron chi connectivity index (χ0n) is 9.73. The number of rotatable bonds is 5. The number of unbranched alkanes of at least 4 members (excludes halogenated alkanes) is 2. The molecule has 4 heteroatoms. The summed E-state index contributed by atoms with van der Waals surface area (Å²) in [7, 11) is 1.27. The van der Waals surface area contributed by atoms with E-state index in [0.717, 1.165) is 19.3 Å². The van der Waals surface area contributed by atoms with Gasteiger partial charge < -0.3 is 9.30 Å². The predicted octanol–water partition coefficient (Wildman–Crippen LogP) is 1.83. The van der Waals surface area contributed by atoms with Gasteiger partial charge in [0.15, 0.2) is 0 Å². The van der Waals surface area contributed by atoms with Crippen LogP contribution in [0.1, 0.15) is 36.5 Å². The molecule has 0 bridgehead atoms. The van der Waals surface area contributed by atoms with Crippen molar-refractivity contribution in [1.29, 1.82) is 0 Å². The summed E-state index contributed by atoms with van der Waals surface area (Å²) in [6, 6.07) is 3.18. The van der Waals surface area contributed by atoms with Crippen LogP contribution in [-0.4, -0.2) is 17.6 Å². The Morgan fingerprint density at radius 1 is 1.44 bits per heavy atom. The van der Waals surface area contributed by atoms with Crippen LogP contribution < -0.4 is 5.56 Å². The first-order valence-corrected chi connectivity index (χ1v) is 5.48. The molecule has 16 heavy (non-hydrogen) atoms. The third kappa shape index (κ3) is 2.95. The molecule has 1 aromatic rings. The molecule has 0 saturated carbocycles. The molecule has 0 atom stereocenters. The molecule has 0 spiro atoms. The van der Waals surface area contributed by atoms with Crippen molar-refractivity contribution >= 4 is 5.97 Å². The summed E-state index contributed by atoms with van der Waals surface area (Å²) in [5.41, 5.74) is -0.174. The van der Waals surface area contributed by atoms with Gasteiger partial charge in [-0.3, -0.25) is 4.79 Å². The molecule has 88 valence electrons. The number of hydrogen-bond donors (Lipinski definition) is 0. The Balaban J connectivity index is 2.87. The van der Waals surface area contributed by atoms with E-state index in [4.69, 9.17) is 0 Å². The Labute approximate surface area is 94.9 Å². The molecule has 0 fully saturated rings. The van der Waals surface area contributed by atoms with Crippen LogP contribution in [-0.2, 0) is 11.3 Å². The smallest absolute Gasteiger partial charge is 0.343 e. The van der Waals surface area contributed by atoms with Crippen molar-refractivity contribution in [2.24, 2.45) is 0 Å². The maximum absolute atomic E-state index is 11.8. The minimum absolute atomic E-state index is 0.0986. The highest BCUT2D eigenvalue weighted by Gasteiger charge is 2.11. The molecule has 0 saturated heterocycles. The van der Waals surface area contributed by atoms with Crippen molar-refractivity contribution in [3.8, 4) is 0 Å². The van der Waals surface area contributed by atoms with Gasteiger partial charge in [0.05, 0.1) is 7.11 Å². The van der Waals surface area contributed by atoms with Gasteiger partial charge in [-0.25, -0.2) is 4.79 Å². The number of carbonyl (C=O) groups is 1. The van der Waals surface area contributed by atoms with Gasteiger partial charge in [-0.2, -0.15) is 0 Å². The fraction of sp³-hybridized carbons (Fsp3) is 0.500. The van der Waals surface area contributed by atoms with Gasteiger partial charge in [0.1, 0.15) is 5.56 Å². The summed E-state index contributed by atoms with van der Waals surface area (Å²) in [4.78, 5) is 23.1. The highest BCUT2D eigenvalue weighted by molar-refractivity contribution is 5.88. The van der Waals surface area contributed by atoms with Crippen molar-refractivity contribution in [3.05, 3.63) is 34.2 Å². The van der Waals surface area contributed by atoms with Crippen molar-refractivity contribution in [1.82, 2.24) is 4.57 Å². The van der Waals surface area contributed by atoms with Gasteiger partial charge in [-0.15, -0.1) is 0 Å². The number of ether oxygens (including phenoxy) is 1. The van der Waals surface area contributed by atoms with Crippen LogP contribution in [0, 0.1) is 0 Å². The van der Waals surface area contributed by atoms with Gasteiger partial charge in [0, 0.05) is 12.7 Å². The average molecular weight is 223 g/mol. The summed E-state index contributed by atoms with van der Waals surface area (Å²) in [5.74, 6) is -0.574. The molecule has 0 aromatic carbocycles. The number of nitrogens with zero attached hydrogens (tertiary/aromatic N) is 1. The SMILES string of the molecule is CCCCCn1cccc(C(=O)OC)c1=O. The topological polar surface area (TPSA) is 48.3 Å². The Morgan fingerprint density at radius 3 is 2.81 bits per heavy atom. The van der Waals surface area contributed by atoms with E-state index in [9.17, 15) is 9.59 Å². The van der Waals surface area contributed by atoms with Crippen LogP contribution in [0.2, 0.25) is 0 Å². The minimum Gasteiger partial charge on any atom is -0.465 e. The molecule has 0 N–H and O–H groups in total. The van der Waals surface area contributed by atoms with Gasteiger partial charge >= 0.3 is 5.97 Å². The largest absolute Gasteiger partial charge is 0.465 e. The van der Waals surface area contributed by atoms with Gasteiger partial charge in [0.2, 0.25) is 0 Å². The number of pyridine rings is 1. The molecule has 4 nitrogen and oxygen atoms in total. The summed E-state index contributed by atoms with van der Waals surface area (Å²) in [6.45, 7) is 2.76. The molecular formula is C12H17NO3. The van der Waals surface area contributed by atoms with Crippen molar-refractivity contribution in [3.63, 3.8) is 0 Å². The average Bonchev–Trinajstić information content (AvgIpc) is 2.30. The lowest BCUT2D eigenvalue weighted by Crippen LogP contribution is -2.26. The number of esters is 1. The summed E-state index contributed by atoms with van der Waals surface area (Å²) < 4.78 is 6.10. The second-order valence-electron chi connectivity index (χ2n) is 3.62. The maximum Gasteiger partial charge on any atom is 0.343 e. The number of hydrogen-bond acceptors (Lipinski definition) is 3. The number of carbonyl (C=O) groups excluding carboxylic acids is 1. The molecule has 0 aliphatic carbocycles. The van der Waals surface area contributed by atoms with Crippen LogP contribution in [0.5, 0.6) is 0 Å².